The topological polar surface area (TPSA) is 65.2 Å². The number of nitrogen functional groups attached to an aromatic ring is 1. The molecular weight excluding hydrogens is 286 g/mol. The molecule has 1 heterocycles. The van der Waals surface area contributed by atoms with Crippen molar-refractivity contribution in [1.29, 1.82) is 0 Å². The van der Waals surface area contributed by atoms with Gasteiger partial charge in [0, 0.05) is 10.9 Å². The van der Waals surface area contributed by atoms with Gasteiger partial charge in [0.05, 0.1) is 18.5 Å². The highest BCUT2D eigenvalue weighted by atomic mass is 79.9. The number of carbonyl (C=O) groups excluding carboxylic acids is 1. The van der Waals surface area contributed by atoms with Crippen molar-refractivity contribution in [3.05, 3.63) is 23.0 Å². The summed E-state index contributed by atoms with van der Waals surface area (Å²) in [5.41, 5.74) is 4.97. The van der Waals surface area contributed by atoms with E-state index >= 15 is 0 Å². The van der Waals surface area contributed by atoms with Crippen LogP contribution in [-0.2, 0) is 10.1 Å². The van der Waals surface area contributed by atoms with E-state index in [1.54, 1.807) is 0 Å². The fourth-order valence-corrected chi connectivity index (χ4v) is 1.55. The van der Waals surface area contributed by atoms with Gasteiger partial charge in [0.15, 0.2) is 0 Å². The Morgan fingerprint density at radius 3 is 2.75 bits per heavy atom. The maximum atomic E-state index is 12.6. The van der Waals surface area contributed by atoms with E-state index in [9.17, 15) is 13.6 Å². The summed E-state index contributed by atoms with van der Waals surface area (Å²) in [7, 11) is 1.15. The molecular formula is C9H9BrF2N2O2. The van der Waals surface area contributed by atoms with Crippen LogP contribution in [0.15, 0.2) is 6.07 Å². The van der Waals surface area contributed by atoms with E-state index in [2.05, 4.69) is 25.7 Å². The molecule has 0 bridgehead atoms. The van der Waals surface area contributed by atoms with Gasteiger partial charge in [-0.25, -0.2) is 18.6 Å². The van der Waals surface area contributed by atoms with Gasteiger partial charge in [-0.15, -0.1) is 0 Å². The predicted molar refractivity (Wildman–Crippen MR) is 57.6 cm³/mol. The number of anilines is 1. The summed E-state index contributed by atoms with van der Waals surface area (Å²) in [6, 6.07) is 0.942. The fraction of sp³-hybridized carbons (Fsp3) is 0.333. The molecule has 0 aliphatic heterocycles. The van der Waals surface area contributed by atoms with E-state index < -0.39 is 18.0 Å². The number of alkyl halides is 3. The third kappa shape index (κ3) is 2.46. The molecule has 1 rings (SSSR count). The van der Waals surface area contributed by atoms with Crippen molar-refractivity contribution in [2.24, 2.45) is 0 Å². The number of nitrogens with two attached hydrogens (primary N) is 1. The number of methoxy groups -OCH3 is 1. The lowest BCUT2D eigenvalue weighted by molar-refractivity contribution is 0.0593. The van der Waals surface area contributed by atoms with Crippen molar-refractivity contribution in [2.45, 2.75) is 11.8 Å². The summed E-state index contributed by atoms with van der Waals surface area (Å²) >= 11 is 3.06. The van der Waals surface area contributed by atoms with E-state index in [-0.39, 0.29) is 22.4 Å². The third-order valence-corrected chi connectivity index (χ3v) is 2.46. The molecule has 0 aromatic carbocycles. The van der Waals surface area contributed by atoms with Crippen molar-refractivity contribution in [3.8, 4) is 0 Å². The van der Waals surface area contributed by atoms with Crippen LogP contribution in [0.2, 0.25) is 0 Å². The highest BCUT2D eigenvalue weighted by Gasteiger charge is 2.19. The number of pyridine rings is 1. The van der Waals surface area contributed by atoms with Gasteiger partial charge in [0.25, 0.3) is 6.43 Å². The first-order chi connectivity index (χ1) is 7.51. The molecule has 7 heteroatoms. The molecule has 0 aliphatic carbocycles. The second-order valence-corrected chi connectivity index (χ2v) is 3.44. The summed E-state index contributed by atoms with van der Waals surface area (Å²) in [6.45, 7) is 0. The van der Waals surface area contributed by atoms with Crippen molar-refractivity contribution in [3.63, 3.8) is 0 Å². The van der Waals surface area contributed by atoms with Gasteiger partial charge in [-0.3, -0.25) is 0 Å². The van der Waals surface area contributed by atoms with Gasteiger partial charge < -0.3 is 10.5 Å². The highest BCUT2D eigenvalue weighted by Crippen LogP contribution is 2.28. The number of hydrogen-bond donors (Lipinski definition) is 1. The van der Waals surface area contributed by atoms with Crippen molar-refractivity contribution in [2.75, 3.05) is 12.8 Å². The van der Waals surface area contributed by atoms with Crippen molar-refractivity contribution in [1.82, 2.24) is 4.98 Å². The number of esters is 1. The molecule has 16 heavy (non-hydrogen) atoms. The number of hydrogen-bond acceptors (Lipinski definition) is 4. The maximum Gasteiger partial charge on any atom is 0.356 e. The molecule has 1 aromatic heterocycles. The number of aromatic nitrogens is 1. The van der Waals surface area contributed by atoms with Crippen LogP contribution < -0.4 is 5.73 Å². The first-order valence-corrected chi connectivity index (χ1v) is 5.35. The van der Waals surface area contributed by atoms with Gasteiger partial charge in [-0.1, -0.05) is 15.9 Å². The molecule has 1 aromatic rings. The van der Waals surface area contributed by atoms with Crippen LogP contribution in [0.25, 0.3) is 0 Å². The van der Waals surface area contributed by atoms with E-state index in [4.69, 9.17) is 5.73 Å². The van der Waals surface area contributed by atoms with Crippen LogP contribution in [0.3, 0.4) is 0 Å². The molecule has 2 N–H and O–H groups in total. The Kier molecular flexibility index (Phi) is 4.17. The summed E-state index contributed by atoms with van der Waals surface area (Å²) < 4.78 is 29.6. The number of nitrogens with zero attached hydrogens (tertiary/aromatic N) is 1. The normalized spacial score (nSPS) is 10.6. The van der Waals surface area contributed by atoms with Crippen molar-refractivity contribution >= 4 is 27.6 Å². The van der Waals surface area contributed by atoms with Crippen LogP contribution >= 0.6 is 15.9 Å². The van der Waals surface area contributed by atoms with Gasteiger partial charge in [-0.05, 0) is 6.07 Å². The first-order valence-electron chi connectivity index (χ1n) is 4.23. The van der Waals surface area contributed by atoms with E-state index in [1.807, 2.05) is 0 Å². The molecule has 0 amide bonds. The Hall–Kier alpha value is -1.24. The molecule has 0 spiro atoms. The second kappa shape index (κ2) is 5.20. The fourth-order valence-electron chi connectivity index (χ4n) is 1.12. The Bertz CT molecular complexity index is 413. The molecule has 4 nitrogen and oxygen atoms in total. The maximum absolute atomic E-state index is 12.6. The molecule has 0 saturated heterocycles. The number of halogens is 3. The van der Waals surface area contributed by atoms with Crippen LogP contribution in [0.1, 0.15) is 28.2 Å². The summed E-state index contributed by atoms with van der Waals surface area (Å²) in [6.07, 6.45) is -2.76. The van der Waals surface area contributed by atoms with Gasteiger partial charge in [0.1, 0.15) is 5.69 Å². The largest absolute Gasteiger partial charge is 0.464 e. The van der Waals surface area contributed by atoms with Gasteiger partial charge >= 0.3 is 5.97 Å². The standard InChI is InChI=1S/C9H9BrF2N2O2/c1-16-9(15)5-2-4(8(11)12)7(13)6(3-10)14-5/h2,8H,3,13H2,1H3. The zero-order valence-electron chi connectivity index (χ0n) is 8.34. The van der Waals surface area contributed by atoms with Gasteiger partial charge in [-0.2, -0.15) is 0 Å². The average Bonchev–Trinajstić information content (AvgIpc) is 2.27. The number of rotatable bonds is 3. The predicted octanol–water partition coefficient (Wildman–Crippen LogP) is 2.28. The minimum Gasteiger partial charge on any atom is -0.464 e. The van der Waals surface area contributed by atoms with Crippen LogP contribution in [0, 0.1) is 0 Å². The zero-order chi connectivity index (χ0) is 12.3. The molecule has 0 radical (unpaired) electrons. The lowest BCUT2D eigenvalue weighted by atomic mass is 10.1. The lowest BCUT2D eigenvalue weighted by Gasteiger charge is -2.10. The smallest absolute Gasteiger partial charge is 0.356 e. The van der Waals surface area contributed by atoms with Crippen LogP contribution in [0.5, 0.6) is 0 Å². The Morgan fingerprint density at radius 1 is 1.69 bits per heavy atom. The number of carbonyl (C=O) groups is 1. The summed E-state index contributed by atoms with van der Waals surface area (Å²) in [5.74, 6) is -0.774. The van der Waals surface area contributed by atoms with E-state index in [0.717, 1.165) is 13.2 Å². The summed E-state index contributed by atoms with van der Waals surface area (Å²) in [4.78, 5) is 15.0. The lowest BCUT2D eigenvalue weighted by Crippen LogP contribution is -2.10. The van der Waals surface area contributed by atoms with E-state index in [0.29, 0.717) is 0 Å². The van der Waals surface area contributed by atoms with Crippen LogP contribution in [-0.4, -0.2) is 18.1 Å². The molecule has 0 unspecified atom stereocenters. The molecule has 0 saturated carbocycles. The Balaban J connectivity index is 3.34. The average molecular weight is 295 g/mol. The molecule has 0 aliphatic rings. The Labute approximate surface area is 98.9 Å². The van der Waals surface area contributed by atoms with Crippen molar-refractivity contribution < 1.29 is 18.3 Å². The number of ether oxygens (including phenoxy) is 1. The minimum absolute atomic E-state index is 0.112. The first kappa shape index (κ1) is 12.8. The molecule has 0 atom stereocenters. The van der Waals surface area contributed by atoms with E-state index in [1.165, 1.54) is 0 Å². The second-order valence-electron chi connectivity index (χ2n) is 2.88. The third-order valence-electron chi connectivity index (χ3n) is 1.93. The Morgan fingerprint density at radius 2 is 2.31 bits per heavy atom. The summed E-state index contributed by atoms with van der Waals surface area (Å²) in [5, 5.41) is 0.184. The van der Waals surface area contributed by atoms with Crippen LogP contribution in [0.4, 0.5) is 14.5 Å². The van der Waals surface area contributed by atoms with Gasteiger partial charge in [0.2, 0.25) is 0 Å². The quantitative estimate of drug-likeness (QED) is 0.686. The zero-order valence-corrected chi connectivity index (χ0v) is 9.92. The monoisotopic (exact) mass is 294 g/mol. The minimum atomic E-state index is -2.76. The SMILES string of the molecule is COC(=O)c1cc(C(F)F)c(N)c(CBr)n1. The molecule has 0 fully saturated rings. The highest BCUT2D eigenvalue weighted by molar-refractivity contribution is 9.08. The molecule has 88 valence electrons.